The van der Waals surface area contributed by atoms with E-state index in [0.29, 0.717) is 5.56 Å². The standard InChI is InChI=1S/C22H27N5O2/c1-29-14-6-11-23-21-10-9-17(15-24-21)19-7-5-8-20-18(16-25-27(19)20)22(28)26-12-3-2-4-13-26/h5,7-10,15-16H,2-4,6,11-14H2,1H3,(H,23,24). The smallest absolute Gasteiger partial charge is 0.257 e. The van der Waals surface area contributed by atoms with E-state index in [9.17, 15) is 4.79 Å². The molecule has 152 valence electrons. The Hall–Kier alpha value is -2.93. The molecule has 7 nitrogen and oxygen atoms in total. The molecule has 29 heavy (non-hydrogen) atoms. The zero-order valence-corrected chi connectivity index (χ0v) is 16.8. The number of pyridine rings is 2. The second-order valence-electron chi connectivity index (χ2n) is 7.32. The Morgan fingerprint density at radius 3 is 2.76 bits per heavy atom. The number of piperidine rings is 1. The summed E-state index contributed by atoms with van der Waals surface area (Å²) in [5.74, 6) is 0.907. The number of nitrogens with one attached hydrogen (secondary N) is 1. The zero-order chi connectivity index (χ0) is 20.1. The second-order valence-corrected chi connectivity index (χ2v) is 7.32. The number of carbonyl (C=O) groups excluding carboxylic acids is 1. The second kappa shape index (κ2) is 9.05. The van der Waals surface area contributed by atoms with Gasteiger partial charge in [0.2, 0.25) is 0 Å². The van der Waals surface area contributed by atoms with Crippen molar-refractivity contribution in [2.75, 3.05) is 38.7 Å². The predicted octanol–water partition coefficient (Wildman–Crippen LogP) is 3.47. The summed E-state index contributed by atoms with van der Waals surface area (Å²) in [6.07, 6.45) is 7.81. The SMILES string of the molecule is COCCCNc1ccc(-c2cccc3c(C(=O)N4CCCCC4)cnn23)cn1. The minimum absolute atomic E-state index is 0.0746. The van der Waals surface area contributed by atoms with Crippen LogP contribution in [0.15, 0.2) is 42.7 Å². The van der Waals surface area contributed by atoms with Gasteiger partial charge < -0.3 is 15.0 Å². The van der Waals surface area contributed by atoms with E-state index < -0.39 is 0 Å². The monoisotopic (exact) mass is 393 g/mol. The van der Waals surface area contributed by atoms with Crippen LogP contribution in [0.4, 0.5) is 5.82 Å². The Labute approximate surface area is 170 Å². The van der Waals surface area contributed by atoms with Crippen LogP contribution in [-0.4, -0.2) is 58.8 Å². The van der Waals surface area contributed by atoms with E-state index in [1.165, 1.54) is 6.42 Å². The summed E-state index contributed by atoms with van der Waals surface area (Å²) in [6.45, 7) is 3.21. The molecule has 1 aliphatic heterocycles. The molecule has 1 saturated heterocycles. The van der Waals surface area contributed by atoms with Crippen LogP contribution in [0.3, 0.4) is 0 Å². The van der Waals surface area contributed by atoms with Gasteiger partial charge in [0.05, 0.1) is 23.0 Å². The van der Waals surface area contributed by atoms with Crippen molar-refractivity contribution in [3.63, 3.8) is 0 Å². The summed E-state index contributed by atoms with van der Waals surface area (Å²) in [5, 5.41) is 7.80. The molecule has 0 aliphatic carbocycles. The first-order valence-electron chi connectivity index (χ1n) is 10.2. The normalized spacial score (nSPS) is 14.3. The molecule has 4 heterocycles. The van der Waals surface area contributed by atoms with Gasteiger partial charge in [-0.15, -0.1) is 0 Å². The number of ether oxygens (including phenoxy) is 1. The molecular weight excluding hydrogens is 366 g/mol. The number of carbonyl (C=O) groups is 1. The summed E-state index contributed by atoms with van der Waals surface area (Å²) in [4.78, 5) is 19.4. The van der Waals surface area contributed by atoms with Crippen molar-refractivity contribution in [2.24, 2.45) is 0 Å². The largest absolute Gasteiger partial charge is 0.385 e. The first kappa shape index (κ1) is 19.4. The third-order valence-electron chi connectivity index (χ3n) is 5.31. The van der Waals surface area contributed by atoms with Gasteiger partial charge in [0.15, 0.2) is 0 Å². The van der Waals surface area contributed by atoms with Gasteiger partial charge in [-0.2, -0.15) is 5.10 Å². The van der Waals surface area contributed by atoms with E-state index in [2.05, 4.69) is 15.4 Å². The number of hydrogen-bond donors (Lipinski definition) is 1. The quantitative estimate of drug-likeness (QED) is 0.623. The van der Waals surface area contributed by atoms with Crippen LogP contribution in [0.2, 0.25) is 0 Å². The number of fused-ring (bicyclic) bond motifs is 1. The van der Waals surface area contributed by atoms with Crippen molar-refractivity contribution in [1.29, 1.82) is 0 Å². The summed E-state index contributed by atoms with van der Waals surface area (Å²) >= 11 is 0. The number of aromatic nitrogens is 3. The van der Waals surface area contributed by atoms with Crippen molar-refractivity contribution < 1.29 is 9.53 Å². The third kappa shape index (κ3) is 4.24. The number of methoxy groups -OCH3 is 1. The van der Waals surface area contributed by atoms with E-state index >= 15 is 0 Å². The van der Waals surface area contributed by atoms with Crippen LogP contribution < -0.4 is 5.32 Å². The maximum absolute atomic E-state index is 13.0. The highest BCUT2D eigenvalue weighted by Crippen LogP contribution is 2.24. The van der Waals surface area contributed by atoms with E-state index in [-0.39, 0.29) is 5.91 Å². The maximum Gasteiger partial charge on any atom is 0.257 e. The van der Waals surface area contributed by atoms with Gasteiger partial charge in [-0.1, -0.05) is 6.07 Å². The lowest BCUT2D eigenvalue weighted by Gasteiger charge is -2.26. The van der Waals surface area contributed by atoms with Crippen LogP contribution >= 0.6 is 0 Å². The highest BCUT2D eigenvalue weighted by atomic mass is 16.5. The lowest BCUT2D eigenvalue weighted by Crippen LogP contribution is -2.35. The van der Waals surface area contributed by atoms with Gasteiger partial charge in [0.1, 0.15) is 5.82 Å². The number of amides is 1. The van der Waals surface area contributed by atoms with Gasteiger partial charge in [0.25, 0.3) is 5.91 Å². The molecule has 4 rings (SSSR count). The molecular formula is C22H27N5O2. The van der Waals surface area contributed by atoms with Crippen molar-refractivity contribution in [2.45, 2.75) is 25.7 Å². The van der Waals surface area contributed by atoms with E-state index in [1.807, 2.05) is 45.9 Å². The summed E-state index contributed by atoms with van der Waals surface area (Å²) in [7, 11) is 1.70. The van der Waals surface area contributed by atoms with E-state index in [0.717, 1.165) is 68.1 Å². The minimum atomic E-state index is 0.0746. The summed E-state index contributed by atoms with van der Waals surface area (Å²) < 4.78 is 6.89. The van der Waals surface area contributed by atoms with Gasteiger partial charge in [-0.3, -0.25) is 4.79 Å². The van der Waals surface area contributed by atoms with Gasteiger partial charge >= 0.3 is 0 Å². The van der Waals surface area contributed by atoms with Gasteiger partial charge in [-0.05, 0) is 49.9 Å². The number of likely N-dealkylation sites (tertiary alicyclic amines) is 1. The molecule has 3 aromatic rings. The fourth-order valence-corrected chi connectivity index (χ4v) is 3.74. The molecule has 1 aliphatic rings. The summed E-state index contributed by atoms with van der Waals surface area (Å²) in [6, 6.07) is 9.90. The lowest BCUT2D eigenvalue weighted by atomic mass is 10.1. The maximum atomic E-state index is 13.0. The van der Waals surface area contributed by atoms with Crippen LogP contribution in [0.5, 0.6) is 0 Å². The Kier molecular flexibility index (Phi) is 6.05. The molecule has 0 spiro atoms. The third-order valence-corrected chi connectivity index (χ3v) is 5.31. The van der Waals surface area contributed by atoms with Crippen LogP contribution in [0.1, 0.15) is 36.0 Å². The molecule has 1 amide bonds. The first-order valence-corrected chi connectivity index (χ1v) is 10.2. The van der Waals surface area contributed by atoms with Crippen LogP contribution in [0, 0.1) is 0 Å². The minimum Gasteiger partial charge on any atom is -0.385 e. The molecule has 0 bridgehead atoms. The Morgan fingerprint density at radius 1 is 1.14 bits per heavy atom. The van der Waals surface area contributed by atoms with Crippen LogP contribution in [0.25, 0.3) is 16.8 Å². The molecule has 0 aromatic carbocycles. The summed E-state index contributed by atoms with van der Waals surface area (Å²) in [5.41, 5.74) is 3.37. The molecule has 7 heteroatoms. The van der Waals surface area contributed by atoms with Gasteiger partial charge in [0, 0.05) is 45.1 Å². The molecule has 0 radical (unpaired) electrons. The average molecular weight is 393 g/mol. The lowest BCUT2D eigenvalue weighted by molar-refractivity contribution is 0.0726. The zero-order valence-electron chi connectivity index (χ0n) is 16.8. The van der Waals surface area contributed by atoms with Gasteiger partial charge in [-0.25, -0.2) is 9.50 Å². The average Bonchev–Trinajstić information content (AvgIpc) is 3.21. The van der Waals surface area contributed by atoms with E-state index in [4.69, 9.17) is 4.74 Å². The fourth-order valence-electron chi connectivity index (χ4n) is 3.74. The fraction of sp³-hybridized carbons (Fsp3) is 0.409. The highest BCUT2D eigenvalue weighted by molar-refractivity contribution is 6.01. The van der Waals surface area contributed by atoms with Crippen LogP contribution in [-0.2, 0) is 4.74 Å². The molecule has 1 N–H and O–H groups in total. The first-order chi connectivity index (χ1) is 14.3. The van der Waals surface area contributed by atoms with Crippen molar-refractivity contribution in [1.82, 2.24) is 19.5 Å². The number of rotatable bonds is 7. The number of hydrogen-bond acceptors (Lipinski definition) is 5. The van der Waals surface area contributed by atoms with Crippen molar-refractivity contribution in [3.8, 4) is 11.3 Å². The number of anilines is 1. The Bertz CT molecular complexity index is 961. The topological polar surface area (TPSA) is 71.8 Å². The highest BCUT2D eigenvalue weighted by Gasteiger charge is 2.22. The van der Waals surface area contributed by atoms with Crippen molar-refractivity contribution in [3.05, 3.63) is 48.3 Å². The molecule has 0 unspecified atom stereocenters. The molecule has 1 fully saturated rings. The predicted molar refractivity (Wildman–Crippen MR) is 113 cm³/mol. The number of nitrogens with zero attached hydrogens (tertiary/aromatic N) is 4. The van der Waals surface area contributed by atoms with Crippen molar-refractivity contribution >= 4 is 17.2 Å². The molecule has 0 saturated carbocycles. The Balaban J connectivity index is 1.55. The molecule has 3 aromatic heterocycles. The van der Waals surface area contributed by atoms with E-state index in [1.54, 1.807) is 13.3 Å². The molecule has 0 atom stereocenters. The Morgan fingerprint density at radius 2 is 2.00 bits per heavy atom.